The van der Waals surface area contributed by atoms with Crippen molar-refractivity contribution < 1.29 is 19.7 Å². The van der Waals surface area contributed by atoms with Gasteiger partial charge in [-0.25, -0.2) is 0 Å². The highest BCUT2D eigenvalue weighted by molar-refractivity contribution is 5.90. The number of fused-ring (bicyclic) bond motifs is 1. The lowest BCUT2D eigenvalue weighted by atomic mass is 9.49. The van der Waals surface area contributed by atoms with Crippen molar-refractivity contribution in [2.45, 2.75) is 70.4 Å². The summed E-state index contributed by atoms with van der Waals surface area (Å²) in [5.41, 5.74) is 7.44. The molecule has 1 aliphatic heterocycles. The largest absolute Gasteiger partial charge is 0.504 e. The fraction of sp³-hybridized carbons (Fsp3) is 0.650. The van der Waals surface area contributed by atoms with E-state index in [9.17, 15) is 15.0 Å². The molecule has 0 amide bonds. The van der Waals surface area contributed by atoms with Gasteiger partial charge >= 0.3 is 5.97 Å². The summed E-state index contributed by atoms with van der Waals surface area (Å²) in [4.78, 5) is 13.0. The van der Waals surface area contributed by atoms with Crippen LogP contribution < -0.4 is 5.73 Å². The molecule has 25 heavy (non-hydrogen) atoms. The molecule has 1 aromatic carbocycles. The fourth-order valence-corrected chi connectivity index (χ4v) is 5.76. The number of carbonyl (C=O) groups is 1. The minimum Gasteiger partial charge on any atom is -0.504 e. The molecule has 1 saturated carbocycles. The van der Waals surface area contributed by atoms with Gasteiger partial charge < -0.3 is 20.7 Å². The lowest BCUT2D eigenvalue weighted by Gasteiger charge is -2.51. The van der Waals surface area contributed by atoms with E-state index < -0.39 is 11.5 Å². The number of hydrogen-bond donors (Lipinski definition) is 3. The molecule has 0 aromatic heterocycles. The molecule has 0 spiro atoms. The van der Waals surface area contributed by atoms with Crippen molar-refractivity contribution in [3.05, 3.63) is 22.8 Å². The zero-order valence-electron chi connectivity index (χ0n) is 15.3. The smallest absolute Gasteiger partial charge is 0.317 e. The maximum absolute atomic E-state index is 13.0. The normalized spacial score (nSPS) is 35.3. The Morgan fingerprint density at radius 1 is 1.24 bits per heavy atom. The molecule has 4 N–H and O–H groups in total. The van der Waals surface area contributed by atoms with Crippen molar-refractivity contribution >= 4 is 5.97 Å². The van der Waals surface area contributed by atoms with Gasteiger partial charge in [-0.3, -0.25) is 4.79 Å². The summed E-state index contributed by atoms with van der Waals surface area (Å²) in [5, 5.41) is 21.5. The predicted octanol–water partition coefficient (Wildman–Crippen LogP) is 3.22. The van der Waals surface area contributed by atoms with E-state index in [0.717, 1.165) is 18.4 Å². The van der Waals surface area contributed by atoms with Gasteiger partial charge in [0.15, 0.2) is 11.5 Å². The van der Waals surface area contributed by atoms with Crippen LogP contribution in [0.2, 0.25) is 0 Å². The number of phenolic OH excluding ortho intramolecular Hbond substituents is 2. The molecular formula is C20H27NO4. The first-order valence-electron chi connectivity index (χ1n) is 9.19. The fourth-order valence-electron chi connectivity index (χ4n) is 5.76. The van der Waals surface area contributed by atoms with Gasteiger partial charge in [-0.05, 0) is 35.8 Å². The van der Waals surface area contributed by atoms with Gasteiger partial charge in [0, 0.05) is 17.0 Å². The van der Waals surface area contributed by atoms with E-state index in [1.165, 1.54) is 0 Å². The number of esters is 1. The predicted molar refractivity (Wildman–Crippen MR) is 93.5 cm³/mol. The van der Waals surface area contributed by atoms with E-state index in [1.54, 1.807) is 0 Å². The molecule has 1 aromatic rings. The summed E-state index contributed by atoms with van der Waals surface area (Å²) in [6.07, 6.45) is 2.13. The molecule has 3 aliphatic rings. The molecule has 5 nitrogen and oxygen atoms in total. The van der Waals surface area contributed by atoms with Crippen molar-refractivity contribution in [1.82, 2.24) is 0 Å². The summed E-state index contributed by atoms with van der Waals surface area (Å²) in [7, 11) is 0. The Labute approximate surface area is 148 Å². The van der Waals surface area contributed by atoms with E-state index in [2.05, 4.69) is 13.8 Å². The Morgan fingerprint density at radius 2 is 1.92 bits per heavy atom. The summed E-state index contributed by atoms with van der Waals surface area (Å²) in [6, 6.07) is 1.38. The minimum absolute atomic E-state index is 0.0377. The van der Waals surface area contributed by atoms with E-state index in [4.69, 9.17) is 10.5 Å². The van der Waals surface area contributed by atoms with Crippen molar-refractivity contribution in [2.75, 3.05) is 0 Å². The number of rotatable bonds is 1. The maximum atomic E-state index is 13.0. The Kier molecular flexibility index (Phi) is 3.28. The third-order valence-electron chi connectivity index (χ3n) is 6.82. The second-order valence-electron chi connectivity index (χ2n) is 8.97. The monoisotopic (exact) mass is 345 g/mol. The quantitative estimate of drug-likeness (QED) is 0.537. The van der Waals surface area contributed by atoms with Crippen LogP contribution >= 0.6 is 0 Å². The first-order valence-corrected chi connectivity index (χ1v) is 9.19. The number of benzene rings is 1. The molecule has 0 radical (unpaired) electrons. The van der Waals surface area contributed by atoms with E-state index in [-0.39, 0.29) is 40.8 Å². The average molecular weight is 345 g/mol. The van der Waals surface area contributed by atoms with Crippen LogP contribution in [0.3, 0.4) is 0 Å². The molecular weight excluding hydrogens is 318 g/mol. The van der Waals surface area contributed by atoms with Gasteiger partial charge in [-0.1, -0.05) is 34.1 Å². The van der Waals surface area contributed by atoms with Gasteiger partial charge in [0.1, 0.15) is 11.5 Å². The number of carbonyl (C=O) groups excluding carboxylic acids is 1. The highest BCUT2D eigenvalue weighted by Gasteiger charge is 2.69. The van der Waals surface area contributed by atoms with Crippen LogP contribution in [-0.2, 0) is 14.9 Å². The Balaban J connectivity index is 2.06. The summed E-state index contributed by atoms with van der Waals surface area (Å²) in [6.45, 7) is 8.21. The Bertz CT molecular complexity index is 769. The Morgan fingerprint density at radius 3 is 2.56 bits per heavy atom. The van der Waals surface area contributed by atoms with Crippen LogP contribution in [0.4, 0.5) is 0 Å². The van der Waals surface area contributed by atoms with Crippen molar-refractivity contribution in [3.8, 4) is 11.5 Å². The maximum Gasteiger partial charge on any atom is 0.317 e. The molecule has 1 heterocycles. The van der Waals surface area contributed by atoms with Gasteiger partial charge in [0.05, 0.1) is 6.04 Å². The molecule has 4 rings (SSSR count). The zero-order chi connectivity index (χ0) is 18.3. The SMILES string of the molecule is CC(C)c1cc2c(c(O)c1O)[C@@]13CCCC(C)(C)[C@@H]1[C@@H](OC3=O)[C@H]2N. The van der Waals surface area contributed by atoms with Crippen LogP contribution in [0.25, 0.3) is 0 Å². The number of aromatic hydroxyl groups is 2. The van der Waals surface area contributed by atoms with Gasteiger partial charge in [-0.2, -0.15) is 0 Å². The lowest BCUT2D eigenvalue weighted by Crippen LogP contribution is -2.55. The van der Waals surface area contributed by atoms with Crippen LogP contribution in [0.1, 0.15) is 75.6 Å². The van der Waals surface area contributed by atoms with E-state index >= 15 is 0 Å². The molecule has 0 unspecified atom stereocenters. The molecule has 2 aliphatic carbocycles. The topological polar surface area (TPSA) is 92.8 Å². The Hall–Kier alpha value is -1.75. The first-order chi connectivity index (χ1) is 11.6. The van der Waals surface area contributed by atoms with Crippen LogP contribution in [-0.4, -0.2) is 22.3 Å². The summed E-state index contributed by atoms with van der Waals surface area (Å²) < 4.78 is 5.79. The minimum atomic E-state index is -0.894. The van der Waals surface area contributed by atoms with Crippen LogP contribution in [0, 0.1) is 11.3 Å². The molecule has 2 bridgehead atoms. The number of ether oxygens (including phenoxy) is 1. The first kappa shape index (κ1) is 16.7. The molecule has 2 fully saturated rings. The standard InChI is InChI=1S/C20H27NO4/c1-9(2)10-8-11-12(15(23)14(10)22)20-7-5-6-19(3,4)17(20)16(13(11)21)25-18(20)24/h8-9,13,16-17,22-23H,5-7,21H2,1-4H3/t13-,16-,17-,20-/m0/s1. The highest BCUT2D eigenvalue weighted by Crippen LogP contribution is 2.66. The third-order valence-corrected chi connectivity index (χ3v) is 6.82. The molecule has 5 heteroatoms. The van der Waals surface area contributed by atoms with E-state index in [1.807, 2.05) is 19.9 Å². The van der Waals surface area contributed by atoms with Gasteiger partial charge in [0.2, 0.25) is 0 Å². The molecule has 1 saturated heterocycles. The highest BCUT2D eigenvalue weighted by atomic mass is 16.6. The van der Waals surface area contributed by atoms with Crippen molar-refractivity contribution in [2.24, 2.45) is 17.1 Å². The lowest BCUT2D eigenvalue weighted by molar-refractivity contribution is -0.146. The van der Waals surface area contributed by atoms with Crippen molar-refractivity contribution in [1.29, 1.82) is 0 Å². The number of hydrogen-bond acceptors (Lipinski definition) is 5. The second kappa shape index (κ2) is 4.91. The molecule has 4 atom stereocenters. The number of nitrogens with two attached hydrogens (primary N) is 1. The van der Waals surface area contributed by atoms with Gasteiger partial charge in [-0.15, -0.1) is 0 Å². The second-order valence-corrected chi connectivity index (χ2v) is 8.97. The summed E-state index contributed by atoms with van der Waals surface area (Å²) in [5.74, 6) is -0.654. The summed E-state index contributed by atoms with van der Waals surface area (Å²) >= 11 is 0. The molecule has 136 valence electrons. The van der Waals surface area contributed by atoms with E-state index in [0.29, 0.717) is 17.5 Å². The van der Waals surface area contributed by atoms with Gasteiger partial charge in [0.25, 0.3) is 0 Å². The number of phenols is 2. The van der Waals surface area contributed by atoms with Crippen LogP contribution in [0.15, 0.2) is 6.07 Å². The average Bonchev–Trinajstić information content (AvgIpc) is 2.79. The van der Waals surface area contributed by atoms with Crippen molar-refractivity contribution in [3.63, 3.8) is 0 Å². The van der Waals surface area contributed by atoms with Crippen LogP contribution in [0.5, 0.6) is 11.5 Å². The third kappa shape index (κ3) is 1.85. The zero-order valence-corrected chi connectivity index (χ0v) is 15.3.